The summed E-state index contributed by atoms with van der Waals surface area (Å²) in [5.41, 5.74) is 1.18. The predicted octanol–water partition coefficient (Wildman–Crippen LogP) is 1.14. The van der Waals surface area contributed by atoms with Crippen LogP contribution in [0.1, 0.15) is 10.5 Å². The van der Waals surface area contributed by atoms with Crippen LogP contribution in [-0.2, 0) is 0 Å². The summed E-state index contributed by atoms with van der Waals surface area (Å²) in [5, 5.41) is 9.88. The molecule has 1 fully saturated rings. The molecule has 1 aliphatic rings. The minimum absolute atomic E-state index is 0.0972. The van der Waals surface area contributed by atoms with Crippen LogP contribution in [0.15, 0.2) is 42.9 Å². The molecule has 2 aromatic rings. The molecule has 1 amide bonds. The third-order valence-corrected chi connectivity index (χ3v) is 3.57. The Morgan fingerprint density at radius 1 is 1.10 bits per heavy atom. The molecule has 2 heterocycles. The number of hydrogen-bond donors (Lipinski definition) is 1. The highest BCUT2D eigenvalue weighted by atomic mass is 16.3. The zero-order valence-corrected chi connectivity index (χ0v) is 11.5. The highest BCUT2D eigenvalue weighted by Gasteiger charge is 2.24. The van der Waals surface area contributed by atoms with Gasteiger partial charge in [-0.25, -0.2) is 4.98 Å². The molecule has 6 heteroatoms. The van der Waals surface area contributed by atoms with Gasteiger partial charge in [0, 0.05) is 38.6 Å². The third-order valence-electron chi connectivity index (χ3n) is 3.57. The number of phenolic OH excluding ortho intramolecular Hbond substituents is 1. The summed E-state index contributed by atoms with van der Waals surface area (Å²) in [6.45, 7) is 2.57. The van der Waals surface area contributed by atoms with Gasteiger partial charge in [0.1, 0.15) is 11.4 Å². The van der Waals surface area contributed by atoms with Crippen molar-refractivity contribution in [2.24, 2.45) is 0 Å². The maximum absolute atomic E-state index is 12.3. The van der Waals surface area contributed by atoms with Crippen molar-refractivity contribution in [1.29, 1.82) is 0 Å². The summed E-state index contributed by atoms with van der Waals surface area (Å²) < 4.78 is 0. The first kappa shape index (κ1) is 13.4. The van der Waals surface area contributed by atoms with Crippen molar-refractivity contribution in [3.05, 3.63) is 48.5 Å². The van der Waals surface area contributed by atoms with Gasteiger partial charge in [0.2, 0.25) is 0 Å². The summed E-state index contributed by atoms with van der Waals surface area (Å²) in [7, 11) is 0. The molecular weight excluding hydrogens is 268 g/mol. The monoisotopic (exact) mass is 284 g/mol. The first-order chi connectivity index (χ1) is 10.3. The van der Waals surface area contributed by atoms with Crippen molar-refractivity contribution in [3.63, 3.8) is 0 Å². The number of benzene rings is 1. The molecule has 0 saturated carbocycles. The van der Waals surface area contributed by atoms with Crippen LogP contribution in [0.2, 0.25) is 0 Å². The van der Waals surface area contributed by atoms with Crippen molar-refractivity contribution in [2.45, 2.75) is 0 Å². The van der Waals surface area contributed by atoms with E-state index in [4.69, 9.17) is 0 Å². The second kappa shape index (κ2) is 5.78. The van der Waals surface area contributed by atoms with E-state index in [1.54, 1.807) is 23.2 Å². The Kier molecular flexibility index (Phi) is 3.68. The SMILES string of the molecule is O=C(c1cnccn1)N1CCN(c2ccccc2O)CC1. The van der Waals surface area contributed by atoms with E-state index >= 15 is 0 Å². The van der Waals surface area contributed by atoms with Crippen LogP contribution in [0.25, 0.3) is 0 Å². The van der Waals surface area contributed by atoms with Gasteiger partial charge >= 0.3 is 0 Å². The fourth-order valence-electron chi connectivity index (χ4n) is 2.45. The Balaban J connectivity index is 1.66. The molecule has 0 aliphatic carbocycles. The van der Waals surface area contributed by atoms with E-state index in [0.29, 0.717) is 31.9 Å². The van der Waals surface area contributed by atoms with Crippen molar-refractivity contribution in [3.8, 4) is 5.75 Å². The van der Waals surface area contributed by atoms with Crippen molar-refractivity contribution in [1.82, 2.24) is 14.9 Å². The lowest BCUT2D eigenvalue weighted by atomic mass is 10.2. The minimum Gasteiger partial charge on any atom is -0.506 e. The molecule has 1 N–H and O–H groups in total. The Hall–Kier alpha value is -2.63. The van der Waals surface area contributed by atoms with Crippen LogP contribution >= 0.6 is 0 Å². The topological polar surface area (TPSA) is 69.6 Å². The van der Waals surface area contributed by atoms with Gasteiger partial charge in [-0.05, 0) is 12.1 Å². The summed E-state index contributed by atoms with van der Waals surface area (Å²) in [5.74, 6) is 0.172. The number of carbonyl (C=O) groups excluding carboxylic acids is 1. The molecule has 0 spiro atoms. The predicted molar refractivity (Wildman–Crippen MR) is 78.3 cm³/mol. The van der Waals surface area contributed by atoms with Crippen molar-refractivity contribution >= 4 is 11.6 Å². The largest absolute Gasteiger partial charge is 0.506 e. The molecule has 21 heavy (non-hydrogen) atoms. The number of amides is 1. The average molecular weight is 284 g/mol. The van der Waals surface area contributed by atoms with Gasteiger partial charge in [0.05, 0.1) is 11.9 Å². The molecule has 0 atom stereocenters. The van der Waals surface area contributed by atoms with Gasteiger partial charge in [-0.1, -0.05) is 12.1 Å². The Bertz CT molecular complexity index is 625. The second-order valence-corrected chi connectivity index (χ2v) is 4.86. The highest BCUT2D eigenvalue weighted by molar-refractivity contribution is 5.92. The Morgan fingerprint density at radius 2 is 1.86 bits per heavy atom. The van der Waals surface area contributed by atoms with Gasteiger partial charge in [-0.15, -0.1) is 0 Å². The lowest BCUT2D eigenvalue weighted by molar-refractivity contribution is 0.0740. The van der Waals surface area contributed by atoms with Crippen LogP contribution in [-0.4, -0.2) is 52.1 Å². The molecule has 0 bridgehead atoms. The minimum atomic E-state index is -0.0972. The first-order valence-corrected chi connectivity index (χ1v) is 6.84. The zero-order chi connectivity index (χ0) is 14.7. The standard InChI is InChI=1S/C15H16N4O2/c20-14-4-2-1-3-13(14)18-7-9-19(10-8-18)15(21)12-11-16-5-6-17-12/h1-6,11,20H,7-10H2. The number of aromatic hydroxyl groups is 1. The smallest absolute Gasteiger partial charge is 0.274 e. The first-order valence-electron chi connectivity index (χ1n) is 6.84. The number of carbonyl (C=O) groups is 1. The lowest BCUT2D eigenvalue weighted by Crippen LogP contribution is -2.49. The Morgan fingerprint density at radius 3 is 2.52 bits per heavy atom. The van der Waals surface area contributed by atoms with Gasteiger partial charge in [0.25, 0.3) is 5.91 Å². The number of nitrogens with zero attached hydrogens (tertiary/aromatic N) is 4. The van der Waals surface area contributed by atoms with Crippen LogP contribution in [0.3, 0.4) is 0 Å². The second-order valence-electron chi connectivity index (χ2n) is 4.86. The molecule has 0 radical (unpaired) electrons. The summed E-state index contributed by atoms with van der Waals surface area (Å²) >= 11 is 0. The van der Waals surface area contributed by atoms with Gasteiger partial charge in [-0.2, -0.15) is 0 Å². The summed E-state index contributed by atoms with van der Waals surface area (Å²) in [6.07, 6.45) is 4.55. The van der Waals surface area contributed by atoms with Crippen LogP contribution < -0.4 is 4.90 Å². The maximum Gasteiger partial charge on any atom is 0.274 e. The summed E-state index contributed by atoms with van der Waals surface area (Å²) in [6, 6.07) is 7.25. The number of para-hydroxylation sites is 2. The lowest BCUT2D eigenvalue weighted by Gasteiger charge is -2.36. The molecule has 1 saturated heterocycles. The van der Waals surface area contributed by atoms with Crippen LogP contribution in [0.4, 0.5) is 5.69 Å². The number of anilines is 1. The maximum atomic E-state index is 12.3. The fraction of sp³-hybridized carbons (Fsp3) is 0.267. The number of piperazine rings is 1. The van der Waals surface area contributed by atoms with Gasteiger partial charge in [0.15, 0.2) is 0 Å². The number of hydrogen-bond acceptors (Lipinski definition) is 5. The summed E-state index contributed by atoms with van der Waals surface area (Å²) in [4.78, 5) is 24.1. The number of rotatable bonds is 2. The van der Waals surface area contributed by atoms with Crippen LogP contribution in [0, 0.1) is 0 Å². The van der Waals surface area contributed by atoms with E-state index in [1.165, 1.54) is 12.4 Å². The molecule has 1 aromatic carbocycles. The van der Waals surface area contributed by atoms with E-state index in [1.807, 2.05) is 12.1 Å². The Labute approximate surface area is 122 Å². The van der Waals surface area contributed by atoms with E-state index in [2.05, 4.69) is 14.9 Å². The van der Waals surface area contributed by atoms with E-state index in [0.717, 1.165) is 5.69 Å². The highest BCUT2D eigenvalue weighted by Crippen LogP contribution is 2.27. The molecule has 3 rings (SSSR count). The molecular formula is C15H16N4O2. The van der Waals surface area contributed by atoms with Crippen molar-refractivity contribution < 1.29 is 9.90 Å². The third kappa shape index (κ3) is 2.79. The number of phenols is 1. The van der Waals surface area contributed by atoms with Gasteiger partial charge < -0.3 is 14.9 Å². The van der Waals surface area contributed by atoms with Crippen LogP contribution in [0.5, 0.6) is 5.75 Å². The van der Waals surface area contributed by atoms with E-state index < -0.39 is 0 Å². The average Bonchev–Trinajstić information content (AvgIpc) is 2.56. The quantitative estimate of drug-likeness (QED) is 0.895. The number of aromatic nitrogens is 2. The molecule has 1 aliphatic heterocycles. The van der Waals surface area contributed by atoms with Gasteiger partial charge in [-0.3, -0.25) is 9.78 Å². The fourth-order valence-corrected chi connectivity index (χ4v) is 2.45. The van der Waals surface area contributed by atoms with E-state index in [9.17, 15) is 9.90 Å². The van der Waals surface area contributed by atoms with Crippen molar-refractivity contribution in [2.75, 3.05) is 31.1 Å². The molecule has 108 valence electrons. The van der Waals surface area contributed by atoms with E-state index in [-0.39, 0.29) is 11.7 Å². The molecule has 1 aromatic heterocycles. The molecule has 0 unspecified atom stereocenters. The normalized spacial score (nSPS) is 15.0. The zero-order valence-electron chi connectivity index (χ0n) is 11.5. The molecule has 6 nitrogen and oxygen atoms in total.